The maximum atomic E-state index is 12.4. The smallest absolute Gasteiger partial charge is 0.272 e. The van der Waals surface area contributed by atoms with Gasteiger partial charge in [-0.15, -0.1) is 0 Å². The highest BCUT2D eigenvalue weighted by Gasteiger charge is 2.23. The van der Waals surface area contributed by atoms with Crippen molar-refractivity contribution in [3.63, 3.8) is 0 Å². The number of benzene rings is 2. The third kappa shape index (κ3) is 4.33. The molecule has 0 spiro atoms. The van der Waals surface area contributed by atoms with E-state index in [2.05, 4.69) is 4.90 Å². The second-order valence-corrected chi connectivity index (χ2v) is 6.53. The molecule has 3 rings (SSSR count). The normalized spacial score (nSPS) is 13.9. The number of carbonyl (C=O) groups is 1. The summed E-state index contributed by atoms with van der Waals surface area (Å²) in [5.41, 5.74) is 1.56. The highest BCUT2D eigenvalue weighted by atomic mass is 16.6. The monoisotopic (exact) mass is 385 g/mol. The van der Waals surface area contributed by atoms with E-state index in [0.717, 1.165) is 11.4 Å². The minimum Gasteiger partial charge on any atom is -0.495 e. The van der Waals surface area contributed by atoms with Gasteiger partial charge in [0, 0.05) is 37.8 Å². The Bertz CT molecular complexity index is 863. The molecular formula is C20H23N3O5. The highest BCUT2D eigenvalue weighted by Crippen LogP contribution is 2.28. The van der Waals surface area contributed by atoms with Crippen LogP contribution in [0.25, 0.3) is 0 Å². The molecule has 0 bridgehead atoms. The molecule has 1 saturated heterocycles. The molecule has 2 aromatic carbocycles. The van der Waals surface area contributed by atoms with Crippen molar-refractivity contribution in [2.24, 2.45) is 0 Å². The summed E-state index contributed by atoms with van der Waals surface area (Å²) in [5, 5.41) is 10.9. The van der Waals surface area contributed by atoms with Crippen LogP contribution in [0, 0.1) is 17.0 Å². The van der Waals surface area contributed by atoms with Crippen molar-refractivity contribution in [2.45, 2.75) is 6.92 Å². The lowest BCUT2D eigenvalue weighted by Crippen LogP contribution is -2.50. The fourth-order valence-corrected chi connectivity index (χ4v) is 3.25. The van der Waals surface area contributed by atoms with Crippen LogP contribution in [-0.2, 0) is 4.79 Å². The Morgan fingerprint density at radius 2 is 1.86 bits per heavy atom. The quantitative estimate of drug-likeness (QED) is 0.561. The third-order valence-corrected chi connectivity index (χ3v) is 4.79. The maximum Gasteiger partial charge on any atom is 0.272 e. The molecule has 28 heavy (non-hydrogen) atoms. The van der Waals surface area contributed by atoms with E-state index in [1.54, 1.807) is 25.0 Å². The first-order valence-corrected chi connectivity index (χ1v) is 9.03. The topological polar surface area (TPSA) is 85.2 Å². The lowest BCUT2D eigenvalue weighted by Gasteiger charge is -2.36. The molecule has 1 aliphatic rings. The van der Waals surface area contributed by atoms with Gasteiger partial charge in [-0.2, -0.15) is 0 Å². The molecule has 1 fully saturated rings. The van der Waals surface area contributed by atoms with Crippen molar-refractivity contribution >= 4 is 17.3 Å². The minimum absolute atomic E-state index is 0.0335. The number of para-hydroxylation sites is 2. The van der Waals surface area contributed by atoms with Gasteiger partial charge in [-0.25, -0.2) is 0 Å². The van der Waals surface area contributed by atoms with Crippen LogP contribution < -0.4 is 14.4 Å². The first kappa shape index (κ1) is 19.5. The average molecular weight is 385 g/mol. The molecule has 0 unspecified atom stereocenters. The van der Waals surface area contributed by atoms with Crippen LogP contribution in [-0.4, -0.2) is 55.6 Å². The number of carbonyl (C=O) groups excluding carboxylic acids is 1. The zero-order valence-corrected chi connectivity index (χ0v) is 16.0. The van der Waals surface area contributed by atoms with E-state index in [9.17, 15) is 14.9 Å². The average Bonchev–Trinajstić information content (AvgIpc) is 2.72. The van der Waals surface area contributed by atoms with Gasteiger partial charge < -0.3 is 19.3 Å². The number of methoxy groups -OCH3 is 1. The Morgan fingerprint density at radius 1 is 1.14 bits per heavy atom. The summed E-state index contributed by atoms with van der Waals surface area (Å²) >= 11 is 0. The molecule has 0 atom stereocenters. The Morgan fingerprint density at radius 3 is 2.50 bits per heavy atom. The highest BCUT2D eigenvalue weighted by molar-refractivity contribution is 5.78. The van der Waals surface area contributed by atoms with Crippen molar-refractivity contribution < 1.29 is 19.2 Å². The summed E-state index contributed by atoms with van der Waals surface area (Å²) in [5.74, 6) is 1.17. The van der Waals surface area contributed by atoms with Gasteiger partial charge in [0.2, 0.25) is 0 Å². The van der Waals surface area contributed by atoms with E-state index in [4.69, 9.17) is 9.47 Å². The molecule has 148 valence electrons. The van der Waals surface area contributed by atoms with E-state index < -0.39 is 4.92 Å². The third-order valence-electron chi connectivity index (χ3n) is 4.79. The van der Waals surface area contributed by atoms with Gasteiger partial charge in [0.15, 0.2) is 6.61 Å². The predicted molar refractivity (Wildman–Crippen MR) is 105 cm³/mol. The Hall–Kier alpha value is -3.29. The lowest BCUT2D eigenvalue weighted by molar-refractivity contribution is -0.385. The zero-order chi connectivity index (χ0) is 20.1. The van der Waals surface area contributed by atoms with Crippen molar-refractivity contribution in [1.29, 1.82) is 0 Å². The summed E-state index contributed by atoms with van der Waals surface area (Å²) in [4.78, 5) is 26.8. The van der Waals surface area contributed by atoms with Gasteiger partial charge >= 0.3 is 0 Å². The SMILES string of the molecule is COc1ccccc1N1CCN(C(=O)COc2ccc([N+](=O)[O-])c(C)c2)CC1. The Kier molecular flexibility index (Phi) is 5.98. The standard InChI is InChI=1S/C20H23N3O5/c1-15-13-16(7-8-17(15)23(25)26)28-14-20(24)22-11-9-21(10-12-22)18-5-3-4-6-19(18)27-2/h3-8,13H,9-12,14H2,1-2H3. The number of ether oxygens (including phenoxy) is 2. The molecule has 1 aliphatic heterocycles. The molecule has 2 aromatic rings. The van der Waals surface area contributed by atoms with Crippen molar-refractivity contribution in [3.05, 3.63) is 58.1 Å². The predicted octanol–water partition coefficient (Wildman–Crippen LogP) is 2.64. The minimum atomic E-state index is -0.439. The number of rotatable bonds is 6. The maximum absolute atomic E-state index is 12.4. The number of amides is 1. The molecular weight excluding hydrogens is 362 g/mol. The summed E-state index contributed by atoms with van der Waals surface area (Å²) in [6.07, 6.45) is 0. The zero-order valence-electron chi connectivity index (χ0n) is 16.0. The summed E-state index contributed by atoms with van der Waals surface area (Å²) in [6.45, 7) is 4.17. The van der Waals surface area contributed by atoms with Gasteiger partial charge in [0.05, 0.1) is 17.7 Å². The van der Waals surface area contributed by atoms with Crippen LogP contribution in [0.2, 0.25) is 0 Å². The molecule has 1 amide bonds. The van der Waals surface area contributed by atoms with Crippen molar-refractivity contribution in [3.8, 4) is 11.5 Å². The molecule has 1 heterocycles. The van der Waals surface area contributed by atoms with Gasteiger partial charge in [0.1, 0.15) is 11.5 Å². The molecule has 0 N–H and O–H groups in total. The lowest BCUT2D eigenvalue weighted by atomic mass is 10.2. The number of piperazine rings is 1. The van der Waals surface area contributed by atoms with Crippen LogP contribution >= 0.6 is 0 Å². The molecule has 8 nitrogen and oxygen atoms in total. The van der Waals surface area contributed by atoms with Crippen LogP contribution in [0.5, 0.6) is 11.5 Å². The van der Waals surface area contributed by atoms with Gasteiger partial charge in [-0.1, -0.05) is 12.1 Å². The van der Waals surface area contributed by atoms with E-state index in [0.29, 0.717) is 37.5 Å². The Labute approximate surface area is 163 Å². The van der Waals surface area contributed by atoms with Crippen molar-refractivity contribution in [1.82, 2.24) is 4.90 Å². The van der Waals surface area contributed by atoms with E-state index in [-0.39, 0.29) is 18.2 Å². The second kappa shape index (κ2) is 8.60. The number of aryl methyl sites for hydroxylation is 1. The molecule has 0 radical (unpaired) electrons. The number of nitro groups is 1. The van der Waals surface area contributed by atoms with Gasteiger partial charge in [-0.3, -0.25) is 14.9 Å². The summed E-state index contributed by atoms with van der Waals surface area (Å²) < 4.78 is 10.9. The van der Waals surface area contributed by atoms with Crippen LogP contribution in [0.1, 0.15) is 5.56 Å². The number of hydrogen-bond acceptors (Lipinski definition) is 6. The number of nitro benzene ring substituents is 1. The van der Waals surface area contributed by atoms with Crippen LogP contribution in [0.4, 0.5) is 11.4 Å². The molecule has 0 aromatic heterocycles. The number of nitrogens with zero attached hydrogens (tertiary/aromatic N) is 3. The van der Waals surface area contributed by atoms with E-state index >= 15 is 0 Å². The largest absolute Gasteiger partial charge is 0.495 e. The fraction of sp³-hybridized carbons (Fsp3) is 0.350. The van der Waals surface area contributed by atoms with Crippen molar-refractivity contribution in [2.75, 3.05) is 44.8 Å². The molecule has 0 saturated carbocycles. The first-order valence-electron chi connectivity index (χ1n) is 9.03. The molecule has 8 heteroatoms. The number of anilines is 1. The van der Waals surface area contributed by atoms with Crippen LogP contribution in [0.3, 0.4) is 0 Å². The first-order chi connectivity index (χ1) is 13.5. The van der Waals surface area contributed by atoms with E-state index in [1.165, 1.54) is 12.1 Å². The Balaban J connectivity index is 1.53. The summed E-state index contributed by atoms with van der Waals surface area (Å²) in [7, 11) is 1.65. The van der Waals surface area contributed by atoms with Crippen LogP contribution in [0.15, 0.2) is 42.5 Å². The fourth-order valence-electron chi connectivity index (χ4n) is 3.25. The summed E-state index contributed by atoms with van der Waals surface area (Å²) in [6, 6.07) is 12.3. The van der Waals surface area contributed by atoms with Gasteiger partial charge in [-0.05, 0) is 31.2 Å². The van der Waals surface area contributed by atoms with E-state index in [1.807, 2.05) is 24.3 Å². The number of hydrogen-bond donors (Lipinski definition) is 0. The second-order valence-electron chi connectivity index (χ2n) is 6.53. The van der Waals surface area contributed by atoms with Gasteiger partial charge in [0.25, 0.3) is 11.6 Å². The molecule has 0 aliphatic carbocycles.